The molecule has 0 fully saturated rings. The van der Waals surface area contributed by atoms with Crippen molar-refractivity contribution in [2.45, 2.75) is 13.5 Å². The van der Waals surface area contributed by atoms with Crippen LogP contribution >= 0.6 is 46.4 Å². The number of carbonyl (C=O) groups is 2. The van der Waals surface area contributed by atoms with Gasteiger partial charge in [0.2, 0.25) is 0 Å². The molecule has 0 saturated carbocycles. The van der Waals surface area contributed by atoms with Crippen LogP contribution in [0.1, 0.15) is 21.5 Å². The molecule has 0 unspecified atom stereocenters. The predicted octanol–water partition coefficient (Wildman–Crippen LogP) is 7.43. The van der Waals surface area contributed by atoms with Crippen LogP contribution in [0.2, 0.25) is 20.2 Å². The molecular formula is C24H16Cl4N2O2. The highest BCUT2D eigenvalue weighted by molar-refractivity contribution is 6.52. The van der Waals surface area contributed by atoms with Gasteiger partial charge in [0.25, 0.3) is 11.7 Å². The number of carbonyl (C=O) groups excluding carboxylic acids is 2. The van der Waals surface area contributed by atoms with Crippen molar-refractivity contribution in [2.75, 3.05) is 5.32 Å². The summed E-state index contributed by atoms with van der Waals surface area (Å²) in [4.78, 5) is 25.9. The minimum Gasteiger partial charge on any atom is -0.326 e. The van der Waals surface area contributed by atoms with Gasteiger partial charge in [-0.25, -0.2) is 0 Å². The second-order valence-electron chi connectivity index (χ2n) is 7.30. The van der Waals surface area contributed by atoms with Crippen LogP contribution in [-0.2, 0) is 11.3 Å². The number of nitrogens with one attached hydrogen (secondary N) is 1. The van der Waals surface area contributed by atoms with Gasteiger partial charge in [-0.15, -0.1) is 0 Å². The largest absolute Gasteiger partial charge is 0.326 e. The molecule has 1 heterocycles. The third-order valence-electron chi connectivity index (χ3n) is 5.03. The fourth-order valence-corrected chi connectivity index (χ4v) is 4.40. The van der Waals surface area contributed by atoms with Crippen molar-refractivity contribution >= 4 is 74.7 Å². The Morgan fingerprint density at radius 3 is 2.25 bits per heavy atom. The van der Waals surface area contributed by atoms with E-state index in [1.165, 1.54) is 0 Å². The number of amides is 1. The van der Waals surface area contributed by atoms with Crippen molar-refractivity contribution in [3.05, 3.63) is 97.6 Å². The summed E-state index contributed by atoms with van der Waals surface area (Å²) in [6.45, 7) is 2.21. The number of aryl methyl sites for hydroxylation is 1. The van der Waals surface area contributed by atoms with E-state index in [0.29, 0.717) is 38.2 Å². The fraction of sp³-hybridized carbons (Fsp3) is 0.0833. The molecule has 0 aliphatic rings. The lowest BCUT2D eigenvalue weighted by Crippen LogP contribution is -2.23. The van der Waals surface area contributed by atoms with Crippen LogP contribution in [0, 0.1) is 6.92 Å². The Morgan fingerprint density at radius 2 is 1.56 bits per heavy atom. The summed E-state index contributed by atoms with van der Waals surface area (Å²) in [6, 6.07) is 17.3. The van der Waals surface area contributed by atoms with Crippen molar-refractivity contribution < 1.29 is 9.59 Å². The zero-order chi connectivity index (χ0) is 23.0. The van der Waals surface area contributed by atoms with Gasteiger partial charge >= 0.3 is 0 Å². The van der Waals surface area contributed by atoms with Crippen molar-refractivity contribution in [3.8, 4) is 0 Å². The molecule has 0 radical (unpaired) electrons. The van der Waals surface area contributed by atoms with Gasteiger partial charge in [0.15, 0.2) is 0 Å². The molecular weight excluding hydrogens is 490 g/mol. The number of hydrogen-bond acceptors (Lipinski definition) is 2. The molecule has 162 valence electrons. The highest BCUT2D eigenvalue weighted by atomic mass is 35.5. The van der Waals surface area contributed by atoms with Crippen LogP contribution in [0.15, 0.2) is 60.7 Å². The van der Waals surface area contributed by atoms with E-state index >= 15 is 0 Å². The van der Waals surface area contributed by atoms with E-state index in [1.807, 2.05) is 25.1 Å². The van der Waals surface area contributed by atoms with Gasteiger partial charge < -0.3 is 9.88 Å². The second-order valence-corrected chi connectivity index (χ2v) is 8.94. The van der Waals surface area contributed by atoms with E-state index in [9.17, 15) is 9.59 Å². The molecule has 1 aromatic heterocycles. The lowest BCUT2D eigenvalue weighted by Gasteiger charge is -2.10. The maximum Gasteiger partial charge on any atom is 0.296 e. The molecule has 1 N–H and O–H groups in total. The highest BCUT2D eigenvalue weighted by Crippen LogP contribution is 2.33. The van der Waals surface area contributed by atoms with Crippen LogP contribution in [-0.4, -0.2) is 16.3 Å². The predicted molar refractivity (Wildman–Crippen MR) is 132 cm³/mol. The van der Waals surface area contributed by atoms with Gasteiger partial charge in [0.1, 0.15) is 5.15 Å². The first-order chi connectivity index (χ1) is 15.2. The molecule has 0 spiro atoms. The first-order valence-electron chi connectivity index (χ1n) is 9.58. The minimum atomic E-state index is -0.792. The summed E-state index contributed by atoms with van der Waals surface area (Å²) in [5, 5.41) is 4.88. The molecule has 1 amide bonds. The van der Waals surface area contributed by atoms with Crippen molar-refractivity contribution in [1.82, 2.24) is 4.57 Å². The SMILES string of the molecule is Cc1ccc2c(c1)c(C(=O)C(=O)Nc1ccc(Cl)cc1)c(Cl)n2Cc1ccc(Cl)cc1Cl. The minimum absolute atomic E-state index is 0.141. The van der Waals surface area contributed by atoms with Gasteiger partial charge in [-0.2, -0.15) is 0 Å². The topological polar surface area (TPSA) is 51.1 Å². The molecule has 32 heavy (non-hydrogen) atoms. The van der Waals surface area contributed by atoms with Crippen LogP contribution in [0.4, 0.5) is 5.69 Å². The van der Waals surface area contributed by atoms with E-state index in [1.54, 1.807) is 47.0 Å². The maximum atomic E-state index is 13.2. The molecule has 4 aromatic rings. The van der Waals surface area contributed by atoms with E-state index in [4.69, 9.17) is 46.4 Å². The first-order valence-corrected chi connectivity index (χ1v) is 11.1. The Balaban J connectivity index is 1.76. The van der Waals surface area contributed by atoms with E-state index < -0.39 is 11.7 Å². The second kappa shape index (κ2) is 9.16. The number of nitrogens with zero attached hydrogens (tertiary/aromatic N) is 1. The molecule has 4 rings (SSSR count). The van der Waals surface area contributed by atoms with E-state index in [-0.39, 0.29) is 10.7 Å². The number of anilines is 1. The van der Waals surface area contributed by atoms with Crippen LogP contribution < -0.4 is 5.32 Å². The Morgan fingerprint density at radius 1 is 0.875 bits per heavy atom. The molecule has 0 aliphatic heterocycles. The zero-order valence-electron chi connectivity index (χ0n) is 16.8. The third-order valence-corrected chi connectivity index (χ3v) is 6.27. The fourth-order valence-electron chi connectivity index (χ4n) is 3.46. The maximum absolute atomic E-state index is 13.2. The average Bonchev–Trinajstić information content (AvgIpc) is 3.01. The van der Waals surface area contributed by atoms with E-state index in [2.05, 4.69) is 5.32 Å². The number of halogens is 4. The number of fused-ring (bicyclic) bond motifs is 1. The Kier molecular flexibility index (Phi) is 6.50. The normalized spacial score (nSPS) is 11.0. The molecule has 0 saturated heterocycles. The summed E-state index contributed by atoms with van der Waals surface area (Å²) >= 11 is 24.9. The summed E-state index contributed by atoms with van der Waals surface area (Å²) in [5.74, 6) is -1.53. The van der Waals surface area contributed by atoms with Gasteiger partial charge in [0.05, 0.1) is 17.6 Å². The molecule has 0 aliphatic carbocycles. The number of aromatic nitrogens is 1. The van der Waals surface area contributed by atoms with Crippen LogP contribution in [0.5, 0.6) is 0 Å². The van der Waals surface area contributed by atoms with Gasteiger partial charge in [0, 0.05) is 26.1 Å². The number of Topliss-reactive ketones (excluding diaryl/α,β-unsaturated/α-hetero) is 1. The Hall–Kier alpha value is -2.50. The third kappa shape index (κ3) is 4.50. The van der Waals surface area contributed by atoms with E-state index in [0.717, 1.165) is 11.1 Å². The van der Waals surface area contributed by atoms with Crippen molar-refractivity contribution in [3.63, 3.8) is 0 Å². The standard InChI is InChI=1S/C24H16Cl4N2O2/c1-13-2-9-20-18(10-13)21(22(31)24(32)29-17-7-5-15(25)6-8-17)23(28)30(20)12-14-3-4-16(26)11-19(14)27/h2-11H,12H2,1H3,(H,29,32). The van der Waals surface area contributed by atoms with Crippen LogP contribution in [0.25, 0.3) is 10.9 Å². The Labute approximate surface area is 204 Å². The van der Waals surface area contributed by atoms with Crippen molar-refractivity contribution in [1.29, 1.82) is 0 Å². The summed E-state index contributed by atoms with van der Waals surface area (Å²) < 4.78 is 1.76. The number of ketones is 1. The van der Waals surface area contributed by atoms with Gasteiger partial charge in [-0.3, -0.25) is 9.59 Å². The molecule has 4 nitrogen and oxygen atoms in total. The van der Waals surface area contributed by atoms with Crippen LogP contribution in [0.3, 0.4) is 0 Å². The highest BCUT2D eigenvalue weighted by Gasteiger charge is 2.27. The average molecular weight is 506 g/mol. The zero-order valence-corrected chi connectivity index (χ0v) is 19.8. The molecule has 0 atom stereocenters. The Bertz CT molecular complexity index is 1360. The van der Waals surface area contributed by atoms with Gasteiger partial charge in [-0.1, -0.05) is 64.1 Å². The summed E-state index contributed by atoms with van der Waals surface area (Å²) in [7, 11) is 0. The lowest BCUT2D eigenvalue weighted by molar-refractivity contribution is -0.112. The van der Waals surface area contributed by atoms with Gasteiger partial charge in [-0.05, 0) is 61.0 Å². The quantitative estimate of drug-likeness (QED) is 0.226. The smallest absolute Gasteiger partial charge is 0.296 e. The number of benzene rings is 3. The van der Waals surface area contributed by atoms with Crippen molar-refractivity contribution in [2.24, 2.45) is 0 Å². The summed E-state index contributed by atoms with van der Waals surface area (Å²) in [5.41, 5.74) is 3.02. The molecule has 8 heteroatoms. The monoisotopic (exact) mass is 504 g/mol. The number of hydrogen-bond donors (Lipinski definition) is 1. The summed E-state index contributed by atoms with van der Waals surface area (Å²) in [6.07, 6.45) is 0. The molecule has 3 aromatic carbocycles. The lowest BCUT2D eigenvalue weighted by atomic mass is 10.1. The first kappa shape index (κ1) is 22.7. The molecule has 0 bridgehead atoms. The number of rotatable bonds is 5.